The van der Waals surface area contributed by atoms with Crippen LogP contribution < -0.4 is 10.5 Å². The summed E-state index contributed by atoms with van der Waals surface area (Å²) in [7, 11) is 1.66. The van der Waals surface area contributed by atoms with Crippen LogP contribution in [0.15, 0.2) is 12.1 Å². The van der Waals surface area contributed by atoms with Gasteiger partial charge >= 0.3 is 0 Å². The zero-order valence-corrected chi connectivity index (χ0v) is 9.38. The van der Waals surface area contributed by atoms with Gasteiger partial charge in [0, 0.05) is 16.2 Å². The van der Waals surface area contributed by atoms with E-state index in [0.29, 0.717) is 0 Å². The molecule has 0 spiro atoms. The van der Waals surface area contributed by atoms with Crippen molar-refractivity contribution in [2.45, 2.75) is 11.4 Å². The molecule has 0 fully saturated rings. The highest BCUT2D eigenvalue weighted by molar-refractivity contribution is 14.1. The smallest absolute Gasteiger partial charge is 0.123 e. The van der Waals surface area contributed by atoms with Crippen LogP contribution in [0.3, 0.4) is 0 Å². The van der Waals surface area contributed by atoms with Gasteiger partial charge in [-0.2, -0.15) is 0 Å². The summed E-state index contributed by atoms with van der Waals surface area (Å²) < 4.78 is 6.08. The number of benzene rings is 1. The van der Waals surface area contributed by atoms with Crippen LogP contribution in [0.2, 0.25) is 0 Å². The van der Waals surface area contributed by atoms with Gasteiger partial charge < -0.3 is 10.5 Å². The summed E-state index contributed by atoms with van der Waals surface area (Å²) in [4.78, 5) is 0. The molecular formula is C9H12INO. The molecule has 3 heteroatoms. The monoisotopic (exact) mass is 277 g/mol. The molecule has 0 heterocycles. The molecule has 0 saturated heterocycles. The minimum atomic E-state index is 0.812. The molecule has 0 amide bonds. The summed E-state index contributed by atoms with van der Waals surface area (Å²) in [5.41, 5.74) is 8.92. The average Bonchev–Trinajstić information content (AvgIpc) is 2.08. The molecule has 0 aliphatic carbocycles. The number of rotatable bonds is 2. The molecule has 0 unspecified atom stereocenters. The maximum atomic E-state index is 5.79. The fourth-order valence-electron chi connectivity index (χ4n) is 1.10. The maximum Gasteiger partial charge on any atom is 0.123 e. The lowest BCUT2D eigenvalue weighted by molar-refractivity contribution is 0.412. The standard InChI is InChI=1S/C9H12INO/c1-6-3-7(5-10)8(11)4-9(6)12-2/h3-4H,5,11H2,1-2H3. The van der Waals surface area contributed by atoms with Gasteiger partial charge in [-0.05, 0) is 24.1 Å². The largest absolute Gasteiger partial charge is 0.496 e. The Balaban J connectivity index is 3.16. The van der Waals surface area contributed by atoms with Crippen molar-refractivity contribution in [2.24, 2.45) is 0 Å². The van der Waals surface area contributed by atoms with Crippen LogP contribution in [-0.4, -0.2) is 7.11 Å². The van der Waals surface area contributed by atoms with Crippen LogP contribution in [-0.2, 0) is 4.43 Å². The van der Waals surface area contributed by atoms with Crippen LogP contribution >= 0.6 is 22.6 Å². The number of nitrogen functional groups attached to an aromatic ring is 1. The average molecular weight is 277 g/mol. The summed E-state index contributed by atoms with van der Waals surface area (Å²) >= 11 is 2.30. The molecule has 0 radical (unpaired) electrons. The van der Waals surface area contributed by atoms with Gasteiger partial charge in [-0.3, -0.25) is 0 Å². The van der Waals surface area contributed by atoms with Gasteiger partial charge in [-0.15, -0.1) is 0 Å². The Morgan fingerprint density at radius 3 is 2.67 bits per heavy atom. The van der Waals surface area contributed by atoms with Crippen molar-refractivity contribution in [1.82, 2.24) is 0 Å². The Labute approximate surface area is 86.2 Å². The van der Waals surface area contributed by atoms with E-state index >= 15 is 0 Å². The highest BCUT2D eigenvalue weighted by atomic mass is 127. The van der Waals surface area contributed by atoms with Crippen molar-refractivity contribution in [2.75, 3.05) is 12.8 Å². The minimum absolute atomic E-state index is 0.812. The summed E-state index contributed by atoms with van der Waals surface area (Å²) in [5.74, 6) is 0.862. The van der Waals surface area contributed by atoms with E-state index in [9.17, 15) is 0 Å². The normalized spacial score (nSPS) is 9.92. The number of alkyl halides is 1. The second-order valence-corrected chi connectivity index (χ2v) is 3.42. The van der Waals surface area contributed by atoms with Gasteiger partial charge in [-0.25, -0.2) is 0 Å². The highest BCUT2D eigenvalue weighted by Gasteiger charge is 2.03. The molecule has 0 aromatic heterocycles. The molecule has 1 aromatic rings. The van der Waals surface area contributed by atoms with Crippen molar-refractivity contribution >= 4 is 28.3 Å². The molecule has 0 saturated carbocycles. The number of hydrogen-bond acceptors (Lipinski definition) is 2. The Kier molecular flexibility index (Phi) is 3.20. The van der Waals surface area contributed by atoms with Crippen molar-refractivity contribution in [1.29, 1.82) is 0 Å². The third-order valence-corrected chi connectivity index (χ3v) is 2.62. The molecule has 2 nitrogen and oxygen atoms in total. The van der Waals surface area contributed by atoms with E-state index < -0.39 is 0 Å². The molecule has 0 aliphatic heterocycles. The number of aryl methyl sites for hydroxylation is 1. The molecule has 1 rings (SSSR count). The molecular weight excluding hydrogens is 265 g/mol. The van der Waals surface area contributed by atoms with Crippen molar-refractivity contribution in [3.05, 3.63) is 23.3 Å². The third-order valence-electron chi connectivity index (χ3n) is 1.80. The predicted octanol–water partition coefficient (Wildman–Crippen LogP) is 2.52. The highest BCUT2D eigenvalue weighted by Crippen LogP contribution is 2.25. The zero-order valence-electron chi connectivity index (χ0n) is 7.23. The Hall–Kier alpha value is -0.450. The quantitative estimate of drug-likeness (QED) is 0.512. The van der Waals surface area contributed by atoms with E-state index in [-0.39, 0.29) is 0 Å². The second kappa shape index (κ2) is 3.98. The Morgan fingerprint density at radius 2 is 2.17 bits per heavy atom. The second-order valence-electron chi connectivity index (χ2n) is 2.65. The van der Waals surface area contributed by atoms with E-state index in [0.717, 1.165) is 21.4 Å². The fourth-order valence-corrected chi connectivity index (χ4v) is 1.76. The number of anilines is 1. The number of nitrogens with two attached hydrogens (primary N) is 1. The summed E-state index contributed by atoms with van der Waals surface area (Å²) in [6.45, 7) is 2.02. The fraction of sp³-hybridized carbons (Fsp3) is 0.333. The molecule has 2 N–H and O–H groups in total. The van der Waals surface area contributed by atoms with Crippen LogP contribution in [0.25, 0.3) is 0 Å². The number of halogens is 1. The summed E-state index contributed by atoms with van der Waals surface area (Å²) in [6, 6.07) is 3.95. The van der Waals surface area contributed by atoms with Crippen molar-refractivity contribution in [3.63, 3.8) is 0 Å². The number of hydrogen-bond donors (Lipinski definition) is 1. The molecule has 0 bridgehead atoms. The molecule has 12 heavy (non-hydrogen) atoms. The SMILES string of the molecule is COc1cc(N)c(CI)cc1C. The molecule has 66 valence electrons. The minimum Gasteiger partial charge on any atom is -0.496 e. The van der Waals surface area contributed by atoms with E-state index in [4.69, 9.17) is 10.5 Å². The first-order valence-corrected chi connectivity index (χ1v) is 5.20. The van der Waals surface area contributed by atoms with Gasteiger partial charge in [0.05, 0.1) is 7.11 Å². The van der Waals surface area contributed by atoms with Crippen LogP contribution in [0, 0.1) is 6.92 Å². The van der Waals surface area contributed by atoms with Gasteiger partial charge in [-0.1, -0.05) is 22.6 Å². The lowest BCUT2D eigenvalue weighted by Crippen LogP contribution is -1.95. The zero-order chi connectivity index (χ0) is 9.14. The van der Waals surface area contributed by atoms with E-state index in [2.05, 4.69) is 28.7 Å². The van der Waals surface area contributed by atoms with Crippen molar-refractivity contribution < 1.29 is 4.74 Å². The van der Waals surface area contributed by atoms with Gasteiger partial charge in [0.15, 0.2) is 0 Å². The first-order chi connectivity index (χ1) is 5.69. The van der Waals surface area contributed by atoms with Gasteiger partial charge in [0.2, 0.25) is 0 Å². The molecule has 0 aliphatic rings. The lowest BCUT2D eigenvalue weighted by atomic mass is 10.1. The van der Waals surface area contributed by atoms with Gasteiger partial charge in [0.1, 0.15) is 5.75 Å². The van der Waals surface area contributed by atoms with E-state index in [1.54, 1.807) is 7.11 Å². The summed E-state index contributed by atoms with van der Waals surface area (Å²) in [5, 5.41) is 0. The Bertz CT molecular complexity index is 256. The topological polar surface area (TPSA) is 35.2 Å². The Morgan fingerprint density at radius 1 is 1.50 bits per heavy atom. The van der Waals surface area contributed by atoms with Gasteiger partial charge in [0.25, 0.3) is 0 Å². The number of methoxy groups -OCH3 is 1. The molecule has 0 atom stereocenters. The van der Waals surface area contributed by atoms with Crippen LogP contribution in [0.5, 0.6) is 5.75 Å². The van der Waals surface area contributed by atoms with Crippen LogP contribution in [0.1, 0.15) is 11.1 Å². The summed E-state index contributed by atoms with van der Waals surface area (Å²) in [6.07, 6.45) is 0. The lowest BCUT2D eigenvalue weighted by Gasteiger charge is -2.08. The third kappa shape index (κ3) is 1.83. The van der Waals surface area contributed by atoms with Crippen molar-refractivity contribution in [3.8, 4) is 5.75 Å². The predicted molar refractivity (Wildman–Crippen MR) is 59.9 cm³/mol. The van der Waals surface area contributed by atoms with E-state index in [1.807, 2.05) is 13.0 Å². The molecule has 1 aromatic carbocycles. The van der Waals surface area contributed by atoms with Crippen LogP contribution in [0.4, 0.5) is 5.69 Å². The first kappa shape index (κ1) is 9.64. The first-order valence-electron chi connectivity index (χ1n) is 3.68. The number of ether oxygens (including phenoxy) is 1. The van der Waals surface area contributed by atoms with E-state index in [1.165, 1.54) is 5.56 Å². The maximum absolute atomic E-state index is 5.79.